The van der Waals surface area contributed by atoms with Crippen LogP contribution in [0.4, 0.5) is 0 Å². The van der Waals surface area contributed by atoms with Crippen molar-refractivity contribution in [2.75, 3.05) is 14.2 Å². The van der Waals surface area contributed by atoms with Crippen LogP contribution in [-0.4, -0.2) is 50.9 Å². The number of Topliss-reactive ketones (excluding diaryl/α,β-unsaturated/α-hetero) is 1. The molecule has 8 nitrogen and oxygen atoms in total. The quantitative estimate of drug-likeness (QED) is 0.231. The van der Waals surface area contributed by atoms with Gasteiger partial charge in [-0.1, -0.05) is 32.9 Å². The molecule has 40 heavy (non-hydrogen) atoms. The van der Waals surface area contributed by atoms with E-state index in [2.05, 4.69) is 33.9 Å². The molecule has 1 aliphatic carbocycles. The minimum atomic E-state index is -2.41. The van der Waals surface area contributed by atoms with Crippen molar-refractivity contribution in [3.63, 3.8) is 0 Å². The summed E-state index contributed by atoms with van der Waals surface area (Å²) in [4.78, 5) is 25.8. The number of ether oxygens (including phenoxy) is 3. The van der Waals surface area contributed by atoms with E-state index in [1.54, 1.807) is 20.1 Å². The Morgan fingerprint density at radius 3 is 2.23 bits per heavy atom. The number of hydrogen-bond acceptors (Lipinski definition) is 8. The van der Waals surface area contributed by atoms with Crippen molar-refractivity contribution >= 4 is 31.2 Å². The second-order valence-corrected chi connectivity index (χ2v) is 16.5. The summed E-state index contributed by atoms with van der Waals surface area (Å²) in [6.45, 7) is 12.3. The van der Waals surface area contributed by atoms with Crippen molar-refractivity contribution in [3.05, 3.63) is 58.1 Å². The average molecular weight is 567 g/mol. The predicted molar refractivity (Wildman–Crippen MR) is 155 cm³/mol. The first-order valence-electron chi connectivity index (χ1n) is 13.3. The molecule has 0 saturated carbocycles. The normalized spacial score (nSPS) is 17.6. The third-order valence-electron chi connectivity index (χ3n) is 8.24. The summed E-state index contributed by atoms with van der Waals surface area (Å²) < 4.78 is 24.1. The Labute approximate surface area is 236 Å². The number of benzene rings is 3. The number of carbonyl (C=O) groups excluding carboxylic acids is 2. The van der Waals surface area contributed by atoms with Gasteiger partial charge in [-0.25, -0.2) is 0 Å². The van der Waals surface area contributed by atoms with Gasteiger partial charge in [0.1, 0.15) is 29.1 Å². The van der Waals surface area contributed by atoms with Gasteiger partial charge in [-0.05, 0) is 54.4 Å². The summed E-state index contributed by atoms with van der Waals surface area (Å²) in [6, 6.07) is 9.15. The smallest absolute Gasteiger partial charge is 0.194 e. The number of ketones is 1. The van der Waals surface area contributed by atoms with E-state index < -0.39 is 37.8 Å². The molecule has 0 unspecified atom stereocenters. The summed E-state index contributed by atoms with van der Waals surface area (Å²) in [5.41, 5.74) is 1.83. The first-order valence-corrected chi connectivity index (χ1v) is 16.2. The molecule has 3 aromatic carbocycles. The molecule has 0 aliphatic heterocycles. The first kappa shape index (κ1) is 29.6. The van der Waals surface area contributed by atoms with E-state index in [9.17, 15) is 19.8 Å². The van der Waals surface area contributed by atoms with Gasteiger partial charge < -0.3 is 28.8 Å². The van der Waals surface area contributed by atoms with Crippen LogP contribution in [0.3, 0.4) is 0 Å². The number of hydrogen-bond donors (Lipinski definition) is 2. The van der Waals surface area contributed by atoms with E-state index in [0.29, 0.717) is 28.5 Å². The summed E-state index contributed by atoms with van der Waals surface area (Å²) in [6.07, 6.45) is -0.780. The molecule has 0 bridgehead atoms. The molecular formula is C31H38O8Si. The molecule has 0 fully saturated rings. The fraction of sp³-hybridized carbons (Fsp3) is 0.419. The molecule has 3 aromatic rings. The minimum absolute atomic E-state index is 0.0152. The van der Waals surface area contributed by atoms with Crippen molar-refractivity contribution in [1.29, 1.82) is 0 Å². The molecule has 2 atom stereocenters. The lowest BCUT2D eigenvalue weighted by atomic mass is 9.82. The van der Waals surface area contributed by atoms with E-state index in [-0.39, 0.29) is 34.6 Å². The molecule has 9 heteroatoms. The van der Waals surface area contributed by atoms with Gasteiger partial charge in [0, 0.05) is 17.4 Å². The monoisotopic (exact) mass is 566 g/mol. The highest BCUT2D eigenvalue weighted by molar-refractivity contribution is 6.74. The molecule has 0 aromatic heterocycles. The highest BCUT2D eigenvalue weighted by Gasteiger charge is 2.46. The van der Waals surface area contributed by atoms with Crippen LogP contribution in [0.15, 0.2) is 30.3 Å². The van der Waals surface area contributed by atoms with Crippen molar-refractivity contribution in [2.45, 2.75) is 71.1 Å². The summed E-state index contributed by atoms with van der Waals surface area (Å²) >= 11 is 0. The number of aldehydes is 1. The second-order valence-electron chi connectivity index (χ2n) is 11.8. The van der Waals surface area contributed by atoms with E-state index in [1.807, 2.05) is 24.3 Å². The largest absolute Gasteiger partial charge is 0.506 e. The van der Waals surface area contributed by atoms with Gasteiger partial charge in [-0.15, -0.1) is 0 Å². The number of aryl methyl sites for hydroxylation is 1. The van der Waals surface area contributed by atoms with Crippen molar-refractivity contribution in [3.8, 4) is 23.0 Å². The molecule has 214 valence electrons. The Hall–Kier alpha value is -3.40. The number of phenolic OH excluding ortho intramolecular Hbond substituents is 2. The lowest BCUT2D eigenvalue weighted by molar-refractivity contribution is -0.000518. The second kappa shape index (κ2) is 10.9. The van der Waals surface area contributed by atoms with Crippen LogP contribution in [0.2, 0.25) is 18.1 Å². The van der Waals surface area contributed by atoms with E-state index >= 15 is 0 Å². The van der Waals surface area contributed by atoms with Crippen molar-refractivity contribution < 1.29 is 38.4 Å². The number of phenols is 2. The van der Waals surface area contributed by atoms with Gasteiger partial charge in [0.05, 0.1) is 43.4 Å². The van der Waals surface area contributed by atoms with E-state index in [1.165, 1.54) is 7.11 Å². The fourth-order valence-electron chi connectivity index (χ4n) is 4.96. The van der Waals surface area contributed by atoms with Crippen LogP contribution >= 0.6 is 0 Å². The number of fused-ring (bicyclic) bond motifs is 2. The Bertz CT molecular complexity index is 1450. The number of carbonyl (C=O) groups is 2. The maximum atomic E-state index is 14.0. The molecular weight excluding hydrogens is 528 g/mol. The molecule has 1 aliphatic rings. The highest BCUT2D eigenvalue weighted by Crippen LogP contribution is 2.52. The average Bonchev–Trinajstić information content (AvgIpc) is 2.89. The van der Waals surface area contributed by atoms with Gasteiger partial charge in [0.25, 0.3) is 0 Å². The zero-order chi connectivity index (χ0) is 29.6. The van der Waals surface area contributed by atoms with E-state index in [4.69, 9.17) is 18.6 Å². The van der Waals surface area contributed by atoms with E-state index in [0.717, 1.165) is 11.3 Å². The Kier molecular flexibility index (Phi) is 8.04. The molecule has 2 N–H and O–H groups in total. The molecule has 0 radical (unpaired) electrons. The maximum Gasteiger partial charge on any atom is 0.194 e. The van der Waals surface area contributed by atoms with Gasteiger partial charge in [-0.2, -0.15) is 0 Å². The summed E-state index contributed by atoms with van der Waals surface area (Å²) in [5, 5.41) is 22.8. The van der Waals surface area contributed by atoms with Crippen LogP contribution < -0.4 is 9.47 Å². The van der Waals surface area contributed by atoms with Crippen LogP contribution in [0.25, 0.3) is 10.8 Å². The fourth-order valence-corrected chi connectivity index (χ4v) is 6.22. The van der Waals surface area contributed by atoms with Gasteiger partial charge in [0.2, 0.25) is 0 Å². The standard InChI is InChI=1S/C31H38O8Si/c1-17-13-20-24(27(33)21(17)15-32)29(35)26-25(30(20)37-6)22(38-16-18-9-11-19(36-5)12-10-18)14-23(28(26)34)39-40(7,8)31(2,3)4/h9-13,15,22-23,33,35H,14,16H2,1-8H3/t22-,23-/m1/s1. The Morgan fingerprint density at radius 2 is 1.68 bits per heavy atom. The molecule has 0 spiro atoms. The zero-order valence-electron chi connectivity index (χ0n) is 24.4. The van der Waals surface area contributed by atoms with Gasteiger partial charge in [0.15, 0.2) is 20.4 Å². The maximum absolute atomic E-state index is 14.0. The topological polar surface area (TPSA) is 112 Å². The van der Waals surface area contributed by atoms with Gasteiger partial charge in [-0.3, -0.25) is 9.59 Å². The van der Waals surface area contributed by atoms with Crippen LogP contribution in [0.1, 0.15) is 70.7 Å². The van der Waals surface area contributed by atoms with Crippen LogP contribution in [0.5, 0.6) is 23.0 Å². The first-order chi connectivity index (χ1) is 18.7. The molecule has 0 amide bonds. The third kappa shape index (κ3) is 5.09. The van der Waals surface area contributed by atoms with Crippen molar-refractivity contribution in [1.82, 2.24) is 0 Å². The van der Waals surface area contributed by atoms with Crippen LogP contribution in [0, 0.1) is 6.92 Å². The lowest BCUT2D eigenvalue weighted by Gasteiger charge is -2.41. The number of rotatable bonds is 8. The predicted octanol–water partition coefficient (Wildman–Crippen LogP) is 6.62. The van der Waals surface area contributed by atoms with Crippen molar-refractivity contribution in [2.24, 2.45) is 0 Å². The van der Waals surface area contributed by atoms with Gasteiger partial charge >= 0.3 is 0 Å². The molecule has 0 heterocycles. The third-order valence-corrected chi connectivity index (χ3v) is 12.7. The minimum Gasteiger partial charge on any atom is -0.506 e. The molecule has 4 rings (SSSR count). The number of aromatic hydroxyl groups is 2. The Morgan fingerprint density at radius 1 is 1.02 bits per heavy atom. The lowest BCUT2D eigenvalue weighted by Crippen LogP contribution is -2.47. The SMILES string of the molecule is COc1ccc(CO[C@@H]2C[C@@H](O[Si](C)(C)C(C)(C)C)C(=O)c3c2c(OC)c2cc(C)c(C=O)c(O)c2c3O)cc1. The summed E-state index contributed by atoms with van der Waals surface area (Å²) in [7, 11) is 0.662. The highest BCUT2D eigenvalue weighted by atomic mass is 28.4. The van der Waals surface area contributed by atoms with Crippen LogP contribution in [-0.2, 0) is 15.8 Å². The summed E-state index contributed by atoms with van der Waals surface area (Å²) in [5.74, 6) is -0.201. The zero-order valence-corrected chi connectivity index (χ0v) is 25.4. The molecule has 0 saturated heterocycles. The number of methoxy groups -OCH3 is 2. The Balaban J connectivity index is 1.91.